The van der Waals surface area contributed by atoms with Gasteiger partial charge in [0.05, 0.1) is 15.2 Å². The lowest BCUT2D eigenvalue weighted by Gasteiger charge is -2.08. The van der Waals surface area contributed by atoms with Crippen LogP contribution >= 0.6 is 43.5 Å². The van der Waals surface area contributed by atoms with Crippen molar-refractivity contribution in [2.45, 2.75) is 0 Å². The smallest absolute Gasteiger partial charge is 0.255 e. The summed E-state index contributed by atoms with van der Waals surface area (Å²) in [6.45, 7) is 0. The quantitative estimate of drug-likeness (QED) is 0.723. The number of hydrogen-bond acceptors (Lipinski definition) is 1. The Hall–Kier alpha value is -0.910. The molecule has 0 aliphatic heterocycles. The molecule has 0 saturated carbocycles. The van der Waals surface area contributed by atoms with Gasteiger partial charge in [-0.3, -0.25) is 4.79 Å². The number of rotatable bonds is 2. The Bertz CT molecular complexity index is 649. The molecular weight excluding hydrogens is 400 g/mol. The summed E-state index contributed by atoms with van der Waals surface area (Å²) in [6, 6.07) is 9.17. The van der Waals surface area contributed by atoms with E-state index in [1.54, 1.807) is 18.2 Å². The van der Waals surface area contributed by atoms with Gasteiger partial charge in [0.25, 0.3) is 5.91 Å². The van der Waals surface area contributed by atoms with E-state index in [0.29, 0.717) is 16.3 Å². The molecule has 0 spiro atoms. The van der Waals surface area contributed by atoms with E-state index in [9.17, 15) is 9.18 Å². The number of amides is 1. The van der Waals surface area contributed by atoms with Crippen molar-refractivity contribution < 1.29 is 9.18 Å². The molecule has 0 heterocycles. The Kier molecular flexibility index (Phi) is 4.60. The molecule has 98 valence electrons. The maximum absolute atomic E-state index is 13.1. The zero-order chi connectivity index (χ0) is 14.0. The van der Waals surface area contributed by atoms with Gasteiger partial charge in [0.1, 0.15) is 5.82 Å². The molecule has 0 saturated heterocycles. The average molecular weight is 407 g/mol. The molecule has 0 atom stereocenters. The molecule has 0 aliphatic rings. The van der Waals surface area contributed by atoms with Crippen LogP contribution in [0.4, 0.5) is 10.1 Å². The van der Waals surface area contributed by atoms with Gasteiger partial charge in [-0.15, -0.1) is 0 Å². The van der Waals surface area contributed by atoms with Gasteiger partial charge >= 0.3 is 0 Å². The molecule has 1 N–H and O–H groups in total. The molecule has 19 heavy (non-hydrogen) atoms. The number of hydrogen-bond donors (Lipinski definition) is 1. The Morgan fingerprint density at radius 3 is 2.58 bits per heavy atom. The van der Waals surface area contributed by atoms with Gasteiger partial charge < -0.3 is 5.32 Å². The van der Waals surface area contributed by atoms with E-state index in [2.05, 4.69) is 37.2 Å². The Morgan fingerprint density at radius 2 is 1.89 bits per heavy atom. The first-order valence-corrected chi connectivity index (χ1v) is 7.15. The fraction of sp³-hybridized carbons (Fsp3) is 0. The lowest BCUT2D eigenvalue weighted by molar-refractivity contribution is 0.102. The van der Waals surface area contributed by atoms with Crippen LogP contribution in [0.15, 0.2) is 45.3 Å². The molecule has 0 fully saturated rings. The highest BCUT2D eigenvalue weighted by molar-refractivity contribution is 9.10. The number of halogens is 4. The third-order valence-electron chi connectivity index (χ3n) is 2.36. The van der Waals surface area contributed by atoms with Crippen LogP contribution in [0.25, 0.3) is 0 Å². The summed E-state index contributed by atoms with van der Waals surface area (Å²) in [5.41, 5.74) is 0.825. The molecule has 0 bridgehead atoms. The Labute approximate surface area is 131 Å². The molecule has 1 amide bonds. The van der Waals surface area contributed by atoms with E-state index in [-0.39, 0.29) is 10.4 Å². The van der Waals surface area contributed by atoms with Gasteiger partial charge in [-0.05, 0) is 52.3 Å². The molecule has 6 heteroatoms. The summed E-state index contributed by atoms with van der Waals surface area (Å²) >= 11 is 12.3. The van der Waals surface area contributed by atoms with Crippen molar-refractivity contribution in [3.05, 3.63) is 61.7 Å². The summed E-state index contributed by atoms with van der Waals surface area (Å²) in [5, 5.41) is 3.10. The van der Waals surface area contributed by atoms with Gasteiger partial charge in [-0.2, -0.15) is 0 Å². The van der Waals surface area contributed by atoms with Gasteiger partial charge in [-0.1, -0.05) is 27.5 Å². The second kappa shape index (κ2) is 6.03. The Balaban J connectivity index is 2.25. The average Bonchev–Trinajstić information content (AvgIpc) is 2.37. The van der Waals surface area contributed by atoms with Crippen LogP contribution in [0.5, 0.6) is 0 Å². The summed E-state index contributed by atoms with van der Waals surface area (Å²) in [5.74, 6) is -0.780. The van der Waals surface area contributed by atoms with Gasteiger partial charge in [0.2, 0.25) is 0 Å². The summed E-state index contributed by atoms with van der Waals surface area (Å²) in [7, 11) is 0. The van der Waals surface area contributed by atoms with Crippen LogP contribution in [-0.4, -0.2) is 5.91 Å². The van der Waals surface area contributed by atoms with Crippen molar-refractivity contribution in [3.63, 3.8) is 0 Å². The van der Waals surface area contributed by atoms with Crippen LogP contribution in [0.2, 0.25) is 5.02 Å². The third-order valence-corrected chi connectivity index (χ3v) is 3.79. The number of anilines is 1. The van der Waals surface area contributed by atoms with Crippen LogP contribution < -0.4 is 5.32 Å². The normalized spacial score (nSPS) is 10.3. The van der Waals surface area contributed by atoms with Gasteiger partial charge in [-0.25, -0.2) is 4.39 Å². The van der Waals surface area contributed by atoms with Crippen molar-refractivity contribution in [1.29, 1.82) is 0 Å². The molecule has 0 unspecified atom stereocenters. The van der Waals surface area contributed by atoms with E-state index < -0.39 is 5.82 Å². The predicted molar refractivity (Wildman–Crippen MR) is 81.2 cm³/mol. The minimum atomic E-state index is -0.419. The van der Waals surface area contributed by atoms with Crippen molar-refractivity contribution in [1.82, 2.24) is 0 Å². The fourth-order valence-corrected chi connectivity index (χ4v) is 2.33. The lowest BCUT2D eigenvalue weighted by Crippen LogP contribution is -2.12. The third kappa shape index (κ3) is 3.55. The molecule has 2 nitrogen and oxygen atoms in total. The standard InChI is InChI=1S/C13H7Br2ClFNO/c14-8-2-3-10(16)12(6-8)18-13(19)7-1-4-11(17)9(15)5-7/h1-6H,(H,18,19). The Morgan fingerprint density at radius 1 is 1.16 bits per heavy atom. The summed E-state index contributed by atoms with van der Waals surface area (Å²) in [6.07, 6.45) is 0. The zero-order valence-electron chi connectivity index (χ0n) is 9.38. The van der Waals surface area contributed by atoms with Gasteiger partial charge in [0, 0.05) is 10.0 Å². The van der Waals surface area contributed by atoms with E-state index in [1.165, 1.54) is 18.2 Å². The SMILES string of the molecule is O=C(Nc1cc(Br)ccc1Cl)c1ccc(F)c(Br)c1. The highest BCUT2D eigenvalue weighted by Crippen LogP contribution is 2.26. The van der Waals surface area contributed by atoms with Crippen LogP contribution in [0, 0.1) is 5.82 Å². The molecule has 0 radical (unpaired) electrons. The van der Waals surface area contributed by atoms with E-state index in [1.807, 2.05) is 0 Å². The monoisotopic (exact) mass is 405 g/mol. The maximum Gasteiger partial charge on any atom is 0.255 e. The van der Waals surface area contributed by atoms with Gasteiger partial charge in [0.15, 0.2) is 0 Å². The summed E-state index contributed by atoms with van der Waals surface area (Å²) in [4.78, 5) is 12.0. The molecule has 0 aromatic heterocycles. The van der Waals surface area contributed by atoms with E-state index >= 15 is 0 Å². The second-order valence-corrected chi connectivity index (χ2v) is 5.88. The number of nitrogens with one attached hydrogen (secondary N) is 1. The number of carbonyl (C=O) groups excluding carboxylic acids is 1. The minimum Gasteiger partial charge on any atom is -0.321 e. The van der Waals surface area contributed by atoms with Crippen LogP contribution in [0.3, 0.4) is 0 Å². The lowest BCUT2D eigenvalue weighted by atomic mass is 10.2. The van der Waals surface area contributed by atoms with E-state index in [4.69, 9.17) is 11.6 Å². The maximum atomic E-state index is 13.1. The van der Waals surface area contributed by atoms with Crippen molar-refractivity contribution >= 4 is 55.1 Å². The molecular formula is C13H7Br2ClFNO. The molecule has 0 aliphatic carbocycles. The van der Waals surface area contributed by atoms with Crippen LogP contribution in [0.1, 0.15) is 10.4 Å². The summed E-state index contributed by atoms with van der Waals surface area (Å²) < 4.78 is 14.1. The highest BCUT2D eigenvalue weighted by Gasteiger charge is 2.10. The first-order chi connectivity index (χ1) is 8.97. The number of benzene rings is 2. The highest BCUT2D eigenvalue weighted by atomic mass is 79.9. The zero-order valence-corrected chi connectivity index (χ0v) is 13.3. The topological polar surface area (TPSA) is 29.1 Å². The largest absolute Gasteiger partial charge is 0.321 e. The van der Waals surface area contributed by atoms with E-state index in [0.717, 1.165) is 4.47 Å². The molecule has 2 rings (SSSR count). The first-order valence-electron chi connectivity index (χ1n) is 5.19. The second-order valence-electron chi connectivity index (χ2n) is 3.71. The predicted octanol–water partition coefficient (Wildman–Crippen LogP) is 5.26. The minimum absolute atomic E-state index is 0.237. The first kappa shape index (κ1) is 14.5. The van der Waals surface area contributed by atoms with Crippen molar-refractivity contribution in [2.75, 3.05) is 5.32 Å². The van der Waals surface area contributed by atoms with Crippen molar-refractivity contribution in [2.24, 2.45) is 0 Å². The fourth-order valence-electron chi connectivity index (χ4n) is 1.43. The van der Waals surface area contributed by atoms with Crippen molar-refractivity contribution in [3.8, 4) is 0 Å². The number of carbonyl (C=O) groups is 1. The molecule has 2 aromatic rings. The molecule has 2 aromatic carbocycles. The van der Waals surface area contributed by atoms with Crippen LogP contribution in [-0.2, 0) is 0 Å².